The van der Waals surface area contributed by atoms with Crippen LogP contribution in [0.4, 0.5) is 0 Å². The summed E-state index contributed by atoms with van der Waals surface area (Å²) in [6, 6.07) is 17.7. The van der Waals surface area contributed by atoms with Gasteiger partial charge in [-0.15, -0.1) is 0 Å². The van der Waals surface area contributed by atoms with Crippen molar-refractivity contribution in [2.45, 2.75) is 25.4 Å². The molecule has 0 saturated carbocycles. The predicted octanol–water partition coefficient (Wildman–Crippen LogP) is 4.75. The minimum absolute atomic E-state index is 0.0873. The van der Waals surface area contributed by atoms with Gasteiger partial charge in [0.25, 0.3) is 0 Å². The van der Waals surface area contributed by atoms with Gasteiger partial charge in [-0.05, 0) is 74.1 Å². The zero-order chi connectivity index (χ0) is 21.6. The third-order valence-electron chi connectivity index (χ3n) is 5.31. The Bertz CT molecular complexity index is 991. The summed E-state index contributed by atoms with van der Waals surface area (Å²) >= 11 is 5.67. The van der Waals surface area contributed by atoms with E-state index in [0.29, 0.717) is 18.3 Å². The van der Waals surface area contributed by atoms with Crippen LogP contribution in [0.15, 0.2) is 65.2 Å². The topological polar surface area (TPSA) is 59.8 Å². The van der Waals surface area contributed by atoms with Crippen molar-refractivity contribution >= 4 is 17.3 Å². The highest BCUT2D eigenvalue weighted by molar-refractivity contribution is 7.80. The quantitative estimate of drug-likeness (QED) is 0.383. The maximum absolute atomic E-state index is 6.35. The molecule has 0 radical (unpaired) electrons. The van der Waals surface area contributed by atoms with E-state index in [0.717, 1.165) is 41.5 Å². The van der Waals surface area contributed by atoms with E-state index in [1.807, 2.05) is 61.5 Å². The zero-order valence-corrected chi connectivity index (χ0v) is 18.6. The number of aromatic nitrogens is 1. The molecule has 4 rings (SSSR count). The van der Waals surface area contributed by atoms with Crippen LogP contribution in [-0.2, 0) is 4.74 Å². The molecule has 31 heavy (non-hydrogen) atoms. The summed E-state index contributed by atoms with van der Waals surface area (Å²) in [5.41, 5.74) is 1.94. The van der Waals surface area contributed by atoms with Crippen molar-refractivity contribution in [2.75, 3.05) is 26.9 Å². The lowest BCUT2D eigenvalue weighted by molar-refractivity contribution is 0.177. The second-order valence-electron chi connectivity index (χ2n) is 7.33. The third kappa shape index (κ3) is 4.73. The van der Waals surface area contributed by atoms with E-state index in [1.54, 1.807) is 13.3 Å². The van der Waals surface area contributed by atoms with Gasteiger partial charge < -0.3 is 24.1 Å². The molecule has 6 nitrogen and oxygen atoms in total. The average Bonchev–Trinajstić information content (AvgIpc) is 3.40. The fraction of sp³-hybridized carbons (Fsp3) is 0.333. The van der Waals surface area contributed by atoms with Gasteiger partial charge >= 0.3 is 0 Å². The largest absolute Gasteiger partial charge is 0.494 e. The fourth-order valence-corrected chi connectivity index (χ4v) is 4.22. The van der Waals surface area contributed by atoms with Crippen LogP contribution in [0.2, 0.25) is 0 Å². The Hall–Kier alpha value is -2.90. The van der Waals surface area contributed by atoms with Crippen LogP contribution in [0.1, 0.15) is 36.9 Å². The van der Waals surface area contributed by atoms with Crippen LogP contribution in [0.3, 0.4) is 0 Å². The van der Waals surface area contributed by atoms with Gasteiger partial charge in [0.2, 0.25) is 0 Å². The average molecular weight is 438 g/mol. The van der Waals surface area contributed by atoms with E-state index in [-0.39, 0.29) is 12.1 Å². The molecule has 1 aliphatic heterocycles. The number of methoxy groups -OCH3 is 1. The van der Waals surface area contributed by atoms with Gasteiger partial charge in [0.1, 0.15) is 23.3 Å². The molecule has 3 aromatic rings. The highest BCUT2D eigenvalue weighted by Crippen LogP contribution is 2.40. The number of furan rings is 1. The van der Waals surface area contributed by atoms with Crippen LogP contribution >= 0.6 is 12.2 Å². The maximum Gasteiger partial charge on any atom is 0.170 e. The number of nitrogens with zero attached hydrogens (tertiary/aromatic N) is 2. The van der Waals surface area contributed by atoms with Crippen molar-refractivity contribution in [1.82, 2.24) is 15.2 Å². The molecule has 3 heterocycles. The molecule has 2 aromatic heterocycles. The Kier molecular flexibility index (Phi) is 6.84. The number of benzene rings is 1. The molecule has 2 unspecified atom stereocenters. The number of hydrogen-bond donors (Lipinski definition) is 1. The molecule has 1 aromatic carbocycles. The van der Waals surface area contributed by atoms with Gasteiger partial charge in [-0.3, -0.25) is 4.98 Å². The summed E-state index contributed by atoms with van der Waals surface area (Å²) in [5.74, 6) is 2.51. The second kappa shape index (κ2) is 9.94. The second-order valence-corrected chi connectivity index (χ2v) is 7.71. The first kappa shape index (κ1) is 21.3. The van der Waals surface area contributed by atoms with Crippen LogP contribution in [-0.4, -0.2) is 41.9 Å². The van der Waals surface area contributed by atoms with Crippen molar-refractivity contribution in [2.24, 2.45) is 0 Å². The van der Waals surface area contributed by atoms with Crippen LogP contribution in [0.25, 0.3) is 11.3 Å². The summed E-state index contributed by atoms with van der Waals surface area (Å²) in [7, 11) is 1.71. The summed E-state index contributed by atoms with van der Waals surface area (Å²) in [6.45, 7) is 4.07. The summed E-state index contributed by atoms with van der Waals surface area (Å²) in [4.78, 5) is 6.74. The summed E-state index contributed by atoms with van der Waals surface area (Å²) < 4.78 is 17.1. The Labute approximate surface area is 188 Å². The first-order valence-corrected chi connectivity index (χ1v) is 10.9. The Morgan fingerprint density at radius 3 is 2.68 bits per heavy atom. The van der Waals surface area contributed by atoms with Crippen LogP contribution in [0.5, 0.6) is 5.75 Å². The lowest BCUT2D eigenvalue weighted by atomic mass is 10.0. The standard InChI is InChI=1S/C24H27N3O3S/c1-3-29-18-10-8-17(9-11-18)20-12-13-21(30-20)23-22(19-7-4-5-14-25-19)26-24(31)27(23)15-6-16-28-2/h4-5,7-14,22-23H,3,6,15-16H2,1-2H3,(H,26,31). The zero-order valence-electron chi connectivity index (χ0n) is 17.8. The Morgan fingerprint density at radius 1 is 1.13 bits per heavy atom. The predicted molar refractivity (Wildman–Crippen MR) is 124 cm³/mol. The van der Waals surface area contributed by atoms with E-state index in [4.69, 9.17) is 26.1 Å². The summed E-state index contributed by atoms with van der Waals surface area (Å²) in [6.07, 6.45) is 2.68. The molecule has 0 aliphatic carbocycles. The highest BCUT2D eigenvalue weighted by Gasteiger charge is 2.41. The minimum atomic E-state index is -0.0874. The van der Waals surface area contributed by atoms with Crippen molar-refractivity contribution in [1.29, 1.82) is 0 Å². The Morgan fingerprint density at radius 2 is 1.97 bits per heavy atom. The maximum atomic E-state index is 6.35. The minimum Gasteiger partial charge on any atom is -0.494 e. The number of hydrogen-bond acceptors (Lipinski definition) is 5. The molecule has 7 heteroatoms. The van der Waals surface area contributed by atoms with Gasteiger partial charge in [0.15, 0.2) is 5.11 Å². The molecular formula is C24H27N3O3S. The lowest BCUT2D eigenvalue weighted by Gasteiger charge is -2.25. The van der Waals surface area contributed by atoms with E-state index >= 15 is 0 Å². The molecular weight excluding hydrogens is 410 g/mol. The highest BCUT2D eigenvalue weighted by atomic mass is 32.1. The molecule has 2 atom stereocenters. The molecule has 1 aliphatic rings. The van der Waals surface area contributed by atoms with Crippen molar-refractivity contribution in [3.8, 4) is 17.1 Å². The van der Waals surface area contributed by atoms with Gasteiger partial charge in [-0.25, -0.2) is 0 Å². The molecule has 1 saturated heterocycles. The number of pyridine rings is 1. The van der Waals surface area contributed by atoms with Gasteiger partial charge in [-0.1, -0.05) is 6.07 Å². The molecule has 0 amide bonds. The van der Waals surface area contributed by atoms with E-state index in [9.17, 15) is 0 Å². The molecule has 0 spiro atoms. The number of nitrogens with one attached hydrogen (secondary N) is 1. The molecule has 1 fully saturated rings. The van der Waals surface area contributed by atoms with E-state index in [2.05, 4.69) is 15.2 Å². The van der Waals surface area contributed by atoms with Crippen molar-refractivity contribution in [3.63, 3.8) is 0 Å². The normalized spacial score (nSPS) is 18.3. The lowest BCUT2D eigenvalue weighted by Crippen LogP contribution is -2.31. The number of ether oxygens (including phenoxy) is 2. The van der Waals surface area contributed by atoms with Crippen LogP contribution in [0, 0.1) is 0 Å². The van der Waals surface area contributed by atoms with Gasteiger partial charge in [0.05, 0.1) is 18.3 Å². The van der Waals surface area contributed by atoms with Crippen molar-refractivity contribution < 1.29 is 13.9 Å². The van der Waals surface area contributed by atoms with Gasteiger partial charge in [0, 0.05) is 32.0 Å². The van der Waals surface area contributed by atoms with Gasteiger partial charge in [-0.2, -0.15) is 0 Å². The van der Waals surface area contributed by atoms with E-state index < -0.39 is 0 Å². The third-order valence-corrected chi connectivity index (χ3v) is 5.67. The summed E-state index contributed by atoms with van der Waals surface area (Å²) in [5, 5.41) is 4.15. The molecule has 1 N–H and O–H groups in total. The monoisotopic (exact) mass is 437 g/mol. The molecule has 0 bridgehead atoms. The number of thiocarbonyl (C=S) groups is 1. The molecule has 162 valence electrons. The van der Waals surface area contributed by atoms with Crippen LogP contribution < -0.4 is 10.1 Å². The Balaban J connectivity index is 1.63. The smallest absolute Gasteiger partial charge is 0.170 e. The first-order chi connectivity index (χ1) is 15.2. The number of rotatable bonds is 9. The fourth-order valence-electron chi connectivity index (χ4n) is 3.88. The first-order valence-electron chi connectivity index (χ1n) is 10.5. The SMILES string of the molecule is CCOc1ccc(-c2ccc(C3C(c4ccccn4)NC(=S)N3CCCOC)o2)cc1. The van der Waals surface area contributed by atoms with Crippen molar-refractivity contribution in [3.05, 3.63) is 72.2 Å². The van der Waals surface area contributed by atoms with E-state index in [1.165, 1.54) is 0 Å².